The lowest BCUT2D eigenvalue weighted by molar-refractivity contribution is 0.101. The molecule has 1 heterocycles. The van der Waals surface area contributed by atoms with Crippen molar-refractivity contribution < 1.29 is 18.7 Å². The third-order valence-electron chi connectivity index (χ3n) is 3.53. The third kappa shape index (κ3) is 2.25. The highest BCUT2D eigenvalue weighted by Gasteiger charge is 2.30. The number of fused-ring (bicyclic) bond motifs is 1. The second kappa shape index (κ2) is 5.46. The molecule has 0 fully saturated rings. The number of hydrogen-bond acceptors (Lipinski definition) is 3. The summed E-state index contributed by atoms with van der Waals surface area (Å²) in [7, 11) is 1.54. The van der Waals surface area contributed by atoms with Gasteiger partial charge < -0.3 is 9.47 Å². The molecule has 5 heteroatoms. The Kier molecular flexibility index (Phi) is 3.62. The van der Waals surface area contributed by atoms with Crippen molar-refractivity contribution >= 4 is 23.5 Å². The van der Waals surface area contributed by atoms with Crippen LogP contribution in [-0.4, -0.2) is 12.9 Å². The van der Waals surface area contributed by atoms with E-state index in [2.05, 4.69) is 0 Å². The highest BCUT2D eigenvalue weighted by Crippen LogP contribution is 2.39. The lowest BCUT2D eigenvalue weighted by Gasteiger charge is -2.07. The van der Waals surface area contributed by atoms with Gasteiger partial charge in [-0.15, -0.1) is 0 Å². The molecule has 112 valence electrons. The minimum Gasteiger partial charge on any atom is -0.496 e. The fraction of sp³-hybridized carbons (Fsp3) is 0.118. The highest BCUT2D eigenvalue weighted by molar-refractivity contribution is 6.32. The van der Waals surface area contributed by atoms with Gasteiger partial charge in [0.05, 0.1) is 17.7 Å². The average molecular weight is 319 g/mol. The normalized spacial score (nSPS) is 14.9. The SMILES string of the molecule is COc1ccc2c(c1C)O/C(=C\c1c(F)cccc1Cl)C2=O. The van der Waals surface area contributed by atoms with Gasteiger partial charge in [-0.2, -0.15) is 0 Å². The van der Waals surface area contributed by atoms with E-state index >= 15 is 0 Å². The Morgan fingerprint density at radius 1 is 1.27 bits per heavy atom. The summed E-state index contributed by atoms with van der Waals surface area (Å²) in [6.07, 6.45) is 1.33. The molecule has 0 spiro atoms. The number of carbonyl (C=O) groups excluding carboxylic acids is 1. The van der Waals surface area contributed by atoms with E-state index in [1.165, 1.54) is 18.2 Å². The molecule has 0 saturated carbocycles. The monoisotopic (exact) mass is 318 g/mol. The maximum atomic E-state index is 13.8. The Morgan fingerprint density at radius 2 is 2.05 bits per heavy atom. The first-order valence-electron chi connectivity index (χ1n) is 6.58. The smallest absolute Gasteiger partial charge is 0.231 e. The predicted molar refractivity (Wildman–Crippen MR) is 82.1 cm³/mol. The lowest BCUT2D eigenvalue weighted by Crippen LogP contribution is -1.99. The summed E-state index contributed by atoms with van der Waals surface area (Å²) in [5.74, 6) is 0.278. The molecule has 0 unspecified atom stereocenters. The van der Waals surface area contributed by atoms with Gasteiger partial charge in [0, 0.05) is 11.1 Å². The Morgan fingerprint density at radius 3 is 2.73 bits per heavy atom. The van der Waals surface area contributed by atoms with Gasteiger partial charge in [-0.05, 0) is 37.3 Å². The highest BCUT2D eigenvalue weighted by atomic mass is 35.5. The molecule has 0 N–H and O–H groups in total. The van der Waals surface area contributed by atoms with Crippen LogP contribution in [-0.2, 0) is 0 Å². The van der Waals surface area contributed by atoms with E-state index in [-0.39, 0.29) is 22.1 Å². The zero-order valence-electron chi connectivity index (χ0n) is 11.9. The molecule has 2 aromatic rings. The Labute approximate surface area is 131 Å². The van der Waals surface area contributed by atoms with E-state index in [9.17, 15) is 9.18 Å². The summed E-state index contributed by atoms with van der Waals surface area (Å²) >= 11 is 5.97. The third-order valence-corrected chi connectivity index (χ3v) is 3.86. The Balaban J connectivity index is 2.08. The molecule has 2 aromatic carbocycles. The zero-order valence-corrected chi connectivity index (χ0v) is 12.7. The molecule has 0 aromatic heterocycles. The van der Waals surface area contributed by atoms with Gasteiger partial charge >= 0.3 is 0 Å². The largest absolute Gasteiger partial charge is 0.496 e. The molecule has 3 rings (SSSR count). The molecule has 0 atom stereocenters. The number of allylic oxidation sites excluding steroid dienone is 1. The van der Waals surface area contributed by atoms with E-state index in [1.807, 2.05) is 0 Å². The van der Waals surface area contributed by atoms with Crippen LogP contribution in [0, 0.1) is 12.7 Å². The van der Waals surface area contributed by atoms with Crippen LogP contribution < -0.4 is 9.47 Å². The molecule has 0 amide bonds. The van der Waals surface area contributed by atoms with Crippen LogP contribution >= 0.6 is 11.6 Å². The molecular weight excluding hydrogens is 307 g/mol. The summed E-state index contributed by atoms with van der Waals surface area (Å²) in [6.45, 7) is 1.80. The Bertz CT molecular complexity index is 792. The van der Waals surface area contributed by atoms with E-state index in [0.717, 1.165) is 5.56 Å². The summed E-state index contributed by atoms with van der Waals surface area (Å²) in [4.78, 5) is 12.4. The van der Waals surface area contributed by atoms with Crippen LogP contribution in [0.3, 0.4) is 0 Å². The number of carbonyl (C=O) groups is 1. The first-order chi connectivity index (χ1) is 10.5. The second-order valence-electron chi connectivity index (χ2n) is 4.84. The van der Waals surface area contributed by atoms with Crippen molar-refractivity contribution in [3.05, 3.63) is 63.6 Å². The molecular formula is C17H12ClFO3. The van der Waals surface area contributed by atoms with Crippen molar-refractivity contribution in [2.45, 2.75) is 6.92 Å². The van der Waals surface area contributed by atoms with Crippen LogP contribution in [0.5, 0.6) is 11.5 Å². The van der Waals surface area contributed by atoms with Gasteiger partial charge in [0.25, 0.3) is 0 Å². The topological polar surface area (TPSA) is 35.5 Å². The van der Waals surface area contributed by atoms with Gasteiger partial charge in [0.2, 0.25) is 5.78 Å². The number of ketones is 1. The molecule has 0 radical (unpaired) electrons. The molecule has 22 heavy (non-hydrogen) atoms. The summed E-state index contributed by atoms with van der Waals surface area (Å²) in [5, 5.41) is 0.217. The van der Waals surface area contributed by atoms with Crippen LogP contribution in [0.25, 0.3) is 6.08 Å². The van der Waals surface area contributed by atoms with Gasteiger partial charge in [-0.3, -0.25) is 4.79 Å². The fourth-order valence-corrected chi connectivity index (χ4v) is 2.59. The van der Waals surface area contributed by atoms with E-state index in [1.54, 1.807) is 32.2 Å². The maximum absolute atomic E-state index is 13.8. The predicted octanol–water partition coefficient (Wildman–Crippen LogP) is 4.41. The molecule has 3 nitrogen and oxygen atoms in total. The van der Waals surface area contributed by atoms with Crippen LogP contribution in [0.1, 0.15) is 21.5 Å². The van der Waals surface area contributed by atoms with Crippen LogP contribution in [0.15, 0.2) is 36.1 Å². The van der Waals surface area contributed by atoms with E-state index in [4.69, 9.17) is 21.1 Å². The Hall–Kier alpha value is -2.33. The van der Waals surface area contributed by atoms with Crippen molar-refractivity contribution in [1.29, 1.82) is 0 Å². The summed E-state index contributed by atoms with van der Waals surface area (Å²) in [5.41, 5.74) is 1.28. The number of halogens is 2. The molecule has 0 saturated heterocycles. The van der Waals surface area contributed by atoms with Gasteiger partial charge in [-0.1, -0.05) is 17.7 Å². The molecule has 0 aliphatic carbocycles. The van der Waals surface area contributed by atoms with Crippen LogP contribution in [0.4, 0.5) is 4.39 Å². The first-order valence-corrected chi connectivity index (χ1v) is 6.96. The minimum absolute atomic E-state index is 0.0401. The van der Waals surface area contributed by atoms with E-state index < -0.39 is 5.82 Å². The van der Waals surface area contributed by atoms with Crippen LogP contribution in [0.2, 0.25) is 5.02 Å². The maximum Gasteiger partial charge on any atom is 0.231 e. The first kappa shape index (κ1) is 14.6. The number of ether oxygens (including phenoxy) is 2. The minimum atomic E-state index is -0.512. The number of methoxy groups -OCH3 is 1. The lowest BCUT2D eigenvalue weighted by atomic mass is 10.1. The fourth-order valence-electron chi connectivity index (χ4n) is 2.37. The van der Waals surface area contributed by atoms with Gasteiger partial charge in [0.1, 0.15) is 17.3 Å². The van der Waals surface area contributed by atoms with Crippen molar-refractivity contribution in [3.8, 4) is 11.5 Å². The summed E-state index contributed by atoms with van der Waals surface area (Å²) < 4.78 is 24.7. The molecule has 1 aliphatic heterocycles. The standard InChI is InChI=1S/C17H12ClFO3/c1-9-14(21-2)7-6-10-16(20)15(22-17(9)10)8-11-12(18)4-3-5-13(11)19/h3-8H,1-2H3/b15-8-. The quantitative estimate of drug-likeness (QED) is 0.769. The zero-order chi connectivity index (χ0) is 15.9. The van der Waals surface area contributed by atoms with Gasteiger partial charge in [-0.25, -0.2) is 4.39 Å². The average Bonchev–Trinajstić information content (AvgIpc) is 2.81. The molecule has 0 bridgehead atoms. The molecule has 1 aliphatic rings. The second-order valence-corrected chi connectivity index (χ2v) is 5.25. The van der Waals surface area contributed by atoms with Crippen molar-refractivity contribution in [3.63, 3.8) is 0 Å². The number of Topliss-reactive ketones (excluding diaryl/α,β-unsaturated/α-hetero) is 1. The number of hydrogen-bond donors (Lipinski definition) is 0. The van der Waals surface area contributed by atoms with E-state index in [0.29, 0.717) is 17.1 Å². The number of rotatable bonds is 2. The van der Waals surface area contributed by atoms with Gasteiger partial charge in [0.15, 0.2) is 5.76 Å². The van der Waals surface area contributed by atoms with Crippen molar-refractivity contribution in [2.24, 2.45) is 0 Å². The summed E-state index contributed by atoms with van der Waals surface area (Å²) in [6, 6.07) is 7.67. The van der Waals surface area contributed by atoms with Crippen molar-refractivity contribution in [1.82, 2.24) is 0 Å². The van der Waals surface area contributed by atoms with Crippen molar-refractivity contribution in [2.75, 3.05) is 7.11 Å². The number of benzene rings is 2.